The van der Waals surface area contributed by atoms with E-state index >= 15 is 0 Å². The van der Waals surface area contributed by atoms with Gasteiger partial charge in [0.05, 0.1) is 17.2 Å². The summed E-state index contributed by atoms with van der Waals surface area (Å²) in [6.45, 7) is 2.81. The van der Waals surface area contributed by atoms with E-state index in [1.807, 2.05) is 4.90 Å². The van der Waals surface area contributed by atoms with Crippen molar-refractivity contribution in [1.29, 1.82) is 0 Å². The van der Waals surface area contributed by atoms with Crippen LogP contribution in [0.2, 0.25) is 0 Å². The summed E-state index contributed by atoms with van der Waals surface area (Å²) in [6, 6.07) is 7.51. The number of phenolic OH excluding ortho intramolecular Hbond substituents is 1. The van der Waals surface area contributed by atoms with Gasteiger partial charge in [-0.15, -0.1) is 0 Å². The third-order valence-corrected chi connectivity index (χ3v) is 7.63. The van der Waals surface area contributed by atoms with Gasteiger partial charge in [-0.2, -0.15) is 26.3 Å². The number of halogens is 6. The molecule has 1 aliphatic heterocycles. The minimum Gasteiger partial charge on any atom is -0.508 e. The van der Waals surface area contributed by atoms with Crippen molar-refractivity contribution >= 4 is 5.78 Å². The highest BCUT2D eigenvalue weighted by molar-refractivity contribution is 5.85. The second-order valence-corrected chi connectivity index (χ2v) is 10.2. The summed E-state index contributed by atoms with van der Waals surface area (Å²) in [6.07, 6.45) is -4.33. The van der Waals surface area contributed by atoms with Crippen molar-refractivity contribution in [3.05, 3.63) is 64.7 Å². The molecule has 1 N–H and O–H groups in total. The molecule has 2 fully saturated rings. The molecule has 1 unspecified atom stereocenters. The fourth-order valence-electron chi connectivity index (χ4n) is 5.63. The molecule has 1 aliphatic carbocycles. The van der Waals surface area contributed by atoms with Crippen LogP contribution in [0.3, 0.4) is 0 Å². The molecular weight excluding hydrogens is 510 g/mol. The summed E-state index contributed by atoms with van der Waals surface area (Å²) in [5.41, 5.74) is -2.32. The van der Waals surface area contributed by atoms with E-state index in [1.54, 1.807) is 12.1 Å². The normalized spacial score (nSPS) is 19.4. The van der Waals surface area contributed by atoms with Gasteiger partial charge in [-0.1, -0.05) is 31.4 Å². The average Bonchev–Trinajstić information content (AvgIpc) is 2.88. The molecule has 10 heteroatoms. The lowest BCUT2D eigenvalue weighted by atomic mass is 9.92. The minimum absolute atomic E-state index is 0.0331. The second kappa shape index (κ2) is 11.7. The maximum absolute atomic E-state index is 13.5. The molecule has 1 saturated carbocycles. The Balaban J connectivity index is 1.51. The van der Waals surface area contributed by atoms with Crippen molar-refractivity contribution in [2.75, 3.05) is 26.2 Å². The lowest BCUT2D eigenvalue weighted by Crippen LogP contribution is -2.52. The maximum Gasteiger partial charge on any atom is 0.416 e. The quantitative estimate of drug-likeness (QED) is 0.400. The molecule has 2 aromatic rings. The second-order valence-electron chi connectivity index (χ2n) is 10.2. The number of benzene rings is 2. The average molecular weight is 543 g/mol. The van der Waals surface area contributed by atoms with E-state index in [1.165, 1.54) is 31.4 Å². The van der Waals surface area contributed by atoms with Crippen molar-refractivity contribution in [2.45, 2.75) is 69.4 Å². The third kappa shape index (κ3) is 7.08. The summed E-state index contributed by atoms with van der Waals surface area (Å²) < 4.78 is 79.6. The molecule has 4 nitrogen and oxygen atoms in total. The zero-order valence-electron chi connectivity index (χ0n) is 21.0. The monoisotopic (exact) mass is 542 g/mol. The van der Waals surface area contributed by atoms with Crippen LogP contribution in [0, 0.1) is 0 Å². The topological polar surface area (TPSA) is 43.8 Å². The summed E-state index contributed by atoms with van der Waals surface area (Å²) in [4.78, 5) is 18.0. The van der Waals surface area contributed by atoms with Crippen molar-refractivity contribution in [1.82, 2.24) is 9.80 Å². The molecule has 0 aromatic heterocycles. The SMILES string of the molecule is O=C(CCc1cc(C(F)(F)F)cc(C(F)(F)F)c1)C(c1ccc(O)cc1)N1CCN(C2CCCCC2)CC1. The summed E-state index contributed by atoms with van der Waals surface area (Å²) >= 11 is 0. The molecule has 0 amide bonds. The third-order valence-electron chi connectivity index (χ3n) is 7.63. The number of rotatable bonds is 7. The van der Waals surface area contributed by atoms with Crippen molar-refractivity contribution < 1.29 is 36.2 Å². The molecule has 1 saturated heterocycles. The van der Waals surface area contributed by atoms with Crippen LogP contribution in [0.5, 0.6) is 5.75 Å². The van der Waals surface area contributed by atoms with Gasteiger partial charge >= 0.3 is 12.4 Å². The van der Waals surface area contributed by atoms with Crippen LogP contribution in [0.25, 0.3) is 0 Å². The number of Topliss-reactive ketones (excluding diaryl/α,β-unsaturated/α-hetero) is 1. The fraction of sp³-hybridized carbons (Fsp3) is 0.536. The number of hydrogen-bond donors (Lipinski definition) is 1. The standard InChI is InChI=1S/C28H32F6N2O2/c29-27(30,31)21-16-19(17-22(18-21)28(32,33)34)6-11-25(38)26(20-7-9-24(37)10-8-20)36-14-12-35(13-15-36)23-4-2-1-3-5-23/h7-10,16-18,23,26,37H,1-6,11-15H2. The Labute approximate surface area is 218 Å². The Hall–Kier alpha value is -2.59. The van der Waals surface area contributed by atoms with E-state index in [-0.39, 0.29) is 36.0 Å². The number of aromatic hydroxyl groups is 1. The molecule has 208 valence electrons. The van der Waals surface area contributed by atoms with Gasteiger partial charge in [0, 0.05) is 38.6 Å². The Morgan fingerprint density at radius 3 is 1.92 bits per heavy atom. The van der Waals surface area contributed by atoms with Gasteiger partial charge in [-0.3, -0.25) is 14.6 Å². The maximum atomic E-state index is 13.5. The molecule has 2 aromatic carbocycles. The molecular formula is C28H32F6N2O2. The zero-order chi connectivity index (χ0) is 27.5. The smallest absolute Gasteiger partial charge is 0.416 e. The zero-order valence-corrected chi connectivity index (χ0v) is 21.0. The van der Waals surface area contributed by atoms with Crippen LogP contribution in [-0.2, 0) is 23.6 Å². The lowest BCUT2D eigenvalue weighted by molar-refractivity contribution is -0.143. The van der Waals surface area contributed by atoms with E-state index in [4.69, 9.17) is 0 Å². The first kappa shape index (κ1) is 28.4. The molecule has 0 radical (unpaired) electrons. The van der Waals surface area contributed by atoms with Gasteiger partial charge in [0.15, 0.2) is 5.78 Å². The van der Waals surface area contributed by atoms with Gasteiger partial charge in [-0.25, -0.2) is 0 Å². The predicted molar refractivity (Wildman–Crippen MR) is 131 cm³/mol. The van der Waals surface area contributed by atoms with Gasteiger partial charge in [-0.05, 0) is 60.7 Å². The Kier molecular flexibility index (Phi) is 8.72. The van der Waals surface area contributed by atoms with E-state index in [0.29, 0.717) is 36.8 Å². The van der Waals surface area contributed by atoms with E-state index in [9.17, 15) is 36.2 Å². The molecule has 1 heterocycles. The summed E-state index contributed by atoms with van der Waals surface area (Å²) in [7, 11) is 0. The number of hydrogen-bond acceptors (Lipinski definition) is 4. The van der Waals surface area contributed by atoms with Gasteiger partial charge in [0.25, 0.3) is 0 Å². The largest absolute Gasteiger partial charge is 0.508 e. The number of nitrogens with zero attached hydrogens (tertiary/aromatic N) is 2. The summed E-state index contributed by atoms with van der Waals surface area (Å²) in [5, 5.41) is 9.71. The first-order valence-corrected chi connectivity index (χ1v) is 13.0. The minimum atomic E-state index is -4.94. The number of alkyl halides is 6. The lowest BCUT2D eigenvalue weighted by Gasteiger charge is -2.43. The molecule has 0 spiro atoms. The number of piperazine rings is 1. The van der Waals surface area contributed by atoms with Gasteiger partial charge < -0.3 is 5.11 Å². The van der Waals surface area contributed by atoms with Gasteiger partial charge in [0.1, 0.15) is 5.75 Å². The van der Waals surface area contributed by atoms with Crippen LogP contribution >= 0.6 is 0 Å². The number of carbonyl (C=O) groups is 1. The number of ketones is 1. The molecule has 1 atom stereocenters. The molecule has 0 bridgehead atoms. The van der Waals surface area contributed by atoms with Crippen molar-refractivity contribution in [2.24, 2.45) is 0 Å². The highest BCUT2D eigenvalue weighted by Crippen LogP contribution is 2.37. The van der Waals surface area contributed by atoms with Crippen LogP contribution in [0.4, 0.5) is 26.3 Å². The first-order valence-electron chi connectivity index (χ1n) is 13.0. The van der Waals surface area contributed by atoms with Crippen LogP contribution < -0.4 is 0 Å². The van der Waals surface area contributed by atoms with E-state index < -0.39 is 29.5 Å². The number of aryl methyl sites for hydroxylation is 1. The summed E-state index contributed by atoms with van der Waals surface area (Å²) in [5.74, 6) is -0.251. The molecule has 2 aliphatic rings. The van der Waals surface area contributed by atoms with Crippen molar-refractivity contribution in [3.63, 3.8) is 0 Å². The van der Waals surface area contributed by atoms with E-state index in [2.05, 4.69) is 4.90 Å². The fourth-order valence-corrected chi connectivity index (χ4v) is 5.63. The molecule has 4 rings (SSSR count). The number of phenols is 1. The van der Waals surface area contributed by atoms with Crippen LogP contribution in [0.1, 0.15) is 66.8 Å². The number of carbonyl (C=O) groups excluding carboxylic acids is 1. The predicted octanol–water partition coefficient (Wildman–Crippen LogP) is 6.62. The molecule has 38 heavy (non-hydrogen) atoms. The highest BCUT2D eigenvalue weighted by atomic mass is 19.4. The van der Waals surface area contributed by atoms with Crippen molar-refractivity contribution in [3.8, 4) is 5.75 Å². The Morgan fingerprint density at radius 2 is 1.39 bits per heavy atom. The van der Waals surface area contributed by atoms with Crippen LogP contribution in [0.15, 0.2) is 42.5 Å². The Bertz CT molecular complexity index is 1050. The first-order chi connectivity index (χ1) is 17.9. The van der Waals surface area contributed by atoms with Crippen LogP contribution in [-0.4, -0.2) is 52.9 Å². The highest BCUT2D eigenvalue weighted by Gasteiger charge is 2.37. The Morgan fingerprint density at radius 1 is 0.842 bits per heavy atom. The van der Waals surface area contributed by atoms with E-state index in [0.717, 1.165) is 25.9 Å². The van der Waals surface area contributed by atoms with Gasteiger partial charge in [0.2, 0.25) is 0 Å².